The minimum Gasteiger partial charge on any atom is -0.508 e. The summed E-state index contributed by atoms with van der Waals surface area (Å²) in [6, 6.07) is 21.3. The van der Waals surface area contributed by atoms with Crippen LogP contribution >= 0.6 is 11.6 Å². The van der Waals surface area contributed by atoms with Crippen molar-refractivity contribution in [3.8, 4) is 11.5 Å². The maximum Gasteiger partial charge on any atom is 0.125 e. The number of phenols is 1. The molecule has 30 heavy (non-hydrogen) atoms. The SMILES string of the molecule is CCc1ccc(C2=CC(c3cc(Cl)ccc3O)NC(c3ccccc3OC)N2)cc1. The quantitative estimate of drug-likeness (QED) is 0.503. The zero-order chi connectivity index (χ0) is 21.1. The second kappa shape index (κ2) is 8.82. The molecule has 3 aromatic rings. The second-order valence-corrected chi connectivity index (χ2v) is 7.73. The highest BCUT2D eigenvalue weighted by Crippen LogP contribution is 2.36. The molecule has 0 aromatic heterocycles. The van der Waals surface area contributed by atoms with Gasteiger partial charge in [0.2, 0.25) is 0 Å². The van der Waals surface area contributed by atoms with E-state index in [1.165, 1.54) is 5.56 Å². The summed E-state index contributed by atoms with van der Waals surface area (Å²) in [4.78, 5) is 0. The number of hydrogen-bond donors (Lipinski definition) is 3. The lowest BCUT2D eigenvalue weighted by Gasteiger charge is -2.34. The maximum absolute atomic E-state index is 10.5. The number of aromatic hydroxyl groups is 1. The maximum atomic E-state index is 10.5. The lowest BCUT2D eigenvalue weighted by molar-refractivity contribution is 0.379. The Kier molecular flexibility index (Phi) is 5.98. The van der Waals surface area contributed by atoms with E-state index in [1.807, 2.05) is 24.3 Å². The molecular formula is C25H25ClN2O2. The van der Waals surface area contributed by atoms with Crippen molar-refractivity contribution in [1.82, 2.24) is 10.6 Å². The van der Waals surface area contributed by atoms with Gasteiger partial charge < -0.3 is 15.2 Å². The van der Waals surface area contributed by atoms with E-state index >= 15 is 0 Å². The predicted octanol–water partition coefficient (Wildman–Crippen LogP) is 5.59. The van der Waals surface area contributed by atoms with Crippen molar-refractivity contribution in [2.75, 3.05) is 7.11 Å². The highest BCUT2D eigenvalue weighted by Gasteiger charge is 2.27. The first-order valence-corrected chi connectivity index (χ1v) is 10.4. The molecule has 5 heteroatoms. The van der Waals surface area contributed by atoms with Gasteiger partial charge in [0.05, 0.1) is 13.2 Å². The molecule has 2 unspecified atom stereocenters. The van der Waals surface area contributed by atoms with E-state index in [2.05, 4.69) is 47.9 Å². The number of benzene rings is 3. The van der Waals surface area contributed by atoms with Crippen LogP contribution in [0.1, 0.15) is 41.4 Å². The fourth-order valence-corrected chi connectivity index (χ4v) is 3.95. The van der Waals surface area contributed by atoms with Crippen LogP contribution in [0.15, 0.2) is 72.8 Å². The third kappa shape index (κ3) is 4.16. The van der Waals surface area contributed by atoms with E-state index in [0.717, 1.165) is 34.6 Å². The molecule has 0 saturated heterocycles. The zero-order valence-electron chi connectivity index (χ0n) is 17.0. The Morgan fingerprint density at radius 3 is 2.50 bits per heavy atom. The molecule has 0 radical (unpaired) electrons. The summed E-state index contributed by atoms with van der Waals surface area (Å²) < 4.78 is 5.58. The summed E-state index contributed by atoms with van der Waals surface area (Å²) in [6.45, 7) is 2.15. The van der Waals surface area contributed by atoms with Gasteiger partial charge in [-0.2, -0.15) is 0 Å². The minimum absolute atomic E-state index is 0.203. The number of phenolic OH excluding ortho intramolecular Hbond substituents is 1. The molecule has 0 spiro atoms. The topological polar surface area (TPSA) is 53.5 Å². The molecular weight excluding hydrogens is 396 g/mol. The molecule has 2 atom stereocenters. The monoisotopic (exact) mass is 420 g/mol. The summed E-state index contributed by atoms with van der Waals surface area (Å²) in [6.07, 6.45) is 2.87. The van der Waals surface area contributed by atoms with Gasteiger partial charge >= 0.3 is 0 Å². The molecule has 1 aliphatic heterocycles. The van der Waals surface area contributed by atoms with Crippen LogP contribution in [0.4, 0.5) is 0 Å². The standard InChI is InChI=1S/C25H25ClN2O2/c1-3-16-8-10-17(11-9-16)21-15-22(20-14-18(26)12-13-23(20)29)28-25(27-21)19-6-4-5-7-24(19)30-2/h4-15,22,25,27-29H,3H2,1-2H3. The smallest absolute Gasteiger partial charge is 0.125 e. The van der Waals surface area contributed by atoms with Crippen molar-refractivity contribution in [3.63, 3.8) is 0 Å². The molecule has 1 aliphatic rings. The average Bonchev–Trinajstić information content (AvgIpc) is 2.80. The van der Waals surface area contributed by atoms with E-state index in [4.69, 9.17) is 16.3 Å². The number of nitrogens with one attached hydrogen (secondary N) is 2. The van der Waals surface area contributed by atoms with Gasteiger partial charge in [0.1, 0.15) is 17.7 Å². The molecule has 0 saturated carbocycles. The molecule has 3 aromatic carbocycles. The Bertz CT molecular complexity index is 1060. The third-order valence-electron chi connectivity index (χ3n) is 5.43. The van der Waals surface area contributed by atoms with Crippen molar-refractivity contribution in [2.45, 2.75) is 25.6 Å². The normalized spacial score (nSPS) is 18.4. The van der Waals surface area contributed by atoms with Crippen LogP contribution in [0.2, 0.25) is 5.02 Å². The fourth-order valence-electron chi connectivity index (χ4n) is 3.77. The van der Waals surface area contributed by atoms with Gasteiger partial charge in [-0.15, -0.1) is 0 Å². The first-order valence-electron chi connectivity index (χ1n) is 10.0. The number of hydrogen-bond acceptors (Lipinski definition) is 4. The van der Waals surface area contributed by atoms with E-state index in [-0.39, 0.29) is 18.0 Å². The molecule has 4 rings (SSSR count). The molecule has 0 amide bonds. The number of para-hydroxylation sites is 1. The second-order valence-electron chi connectivity index (χ2n) is 7.30. The largest absolute Gasteiger partial charge is 0.508 e. The van der Waals surface area contributed by atoms with E-state index in [9.17, 15) is 5.11 Å². The van der Waals surface area contributed by atoms with Crippen LogP contribution in [0.5, 0.6) is 11.5 Å². The van der Waals surface area contributed by atoms with E-state index < -0.39 is 0 Å². The molecule has 3 N–H and O–H groups in total. The highest BCUT2D eigenvalue weighted by molar-refractivity contribution is 6.30. The first-order chi connectivity index (χ1) is 14.6. The Balaban J connectivity index is 1.78. The van der Waals surface area contributed by atoms with Crippen LogP contribution in [0, 0.1) is 0 Å². The molecule has 4 nitrogen and oxygen atoms in total. The Morgan fingerprint density at radius 1 is 1.00 bits per heavy atom. The van der Waals surface area contributed by atoms with Crippen molar-refractivity contribution >= 4 is 17.3 Å². The van der Waals surface area contributed by atoms with Gasteiger partial charge in [0.25, 0.3) is 0 Å². The van der Waals surface area contributed by atoms with E-state index in [1.54, 1.807) is 25.3 Å². The van der Waals surface area contributed by atoms with Gasteiger partial charge in [-0.3, -0.25) is 5.32 Å². The average molecular weight is 421 g/mol. The fraction of sp³-hybridized carbons (Fsp3) is 0.200. The Labute approximate surface area is 182 Å². The number of aryl methyl sites for hydroxylation is 1. The number of halogens is 1. The summed E-state index contributed by atoms with van der Waals surface area (Å²) in [5, 5.41) is 18.2. The molecule has 0 aliphatic carbocycles. The van der Waals surface area contributed by atoms with Crippen LogP contribution in [0.3, 0.4) is 0 Å². The van der Waals surface area contributed by atoms with Crippen LogP contribution in [0.25, 0.3) is 5.70 Å². The molecule has 154 valence electrons. The highest BCUT2D eigenvalue weighted by atomic mass is 35.5. The number of methoxy groups -OCH3 is 1. The van der Waals surface area contributed by atoms with Crippen molar-refractivity contribution in [2.24, 2.45) is 0 Å². The van der Waals surface area contributed by atoms with Crippen LogP contribution < -0.4 is 15.4 Å². The van der Waals surface area contributed by atoms with Gasteiger partial charge in [-0.25, -0.2) is 0 Å². The minimum atomic E-state index is -0.235. The number of rotatable bonds is 5. The van der Waals surface area contributed by atoms with Crippen molar-refractivity contribution in [1.29, 1.82) is 0 Å². The first kappa shape index (κ1) is 20.3. The third-order valence-corrected chi connectivity index (χ3v) is 5.66. The lowest BCUT2D eigenvalue weighted by Crippen LogP contribution is -2.39. The summed E-state index contributed by atoms with van der Waals surface area (Å²) >= 11 is 6.23. The van der Waals surface area contributed by atoms with Gasteiger partial charge in [-0.05, 0) is 47.9 Å². The van der Waals surface area contributed by atoms with E-state index in [0.29, 0.717) is 5.02 Å². The molecule has 0 fully saturated rings. The summed E-state index contributed by atoms with van der Waals surface area (Å²) in [5.41, 5.74) is 5.07. The Morgan fingerprint density at radius 2 is 1.77 bits per heavy atom. The van der Waals surface area contributed by atoms with Crippen LogP contribution in [-0.4, -0.2) is 12.2 Å². The molecule has 1 heterocycles. The zero-order valence-corrected chi connectivity index (χ0v) is 17.8. The molecule has 0 bridgehead atoms. The summed E-state index contributed by atoms with van der Waals surface area (Å²) in [7, 11) is 1.67. The van der Waals surface area contributed by atoms with Gasteiger partial charge in [-0.1, -0.05) is 61.0 Å². The Hall–Kier alpha value is -2.95. The van der Waals surface area contributed by atoms with Crippen molar-refractivity contribution in [3.05, 3.63) is 100 Å². The lowest BCUT2D eigenvalue weighted by atomic mass is 9.97. The predicted molar refractivity (Wildman–Crippen MR) is 122 cm³/mol. The summed E-state index contributed by atoms with van der Waals surface area (Å²) in [5.74, 6) is 0.994. The van der Waals surface area contributed by atoms with Gasteiger partial charge in [0.15, 0.2) is 0 Å². The van der Waals surface area contributed by atoms with Gasteiger partial charge in [0, 0.05) is 21.8 Å². The van der Waals surface area contributed by atoms with Crippen LogP contribution in [-0.2, 0) is 6.42 Å². The number of ether oxygens (including phenoxy) is 1. The van der Waals surface area contributed by atoms with Crippen molar-refractivity contribution < 1.29 is 9.84 Å².